The SMILES string of the molecule is CC(C(=O)Nc1cccc(F)c1)N1CCN(C(=O)Cc2ccccc2[N+](=O)[O-])CC1. The molecular weight excluding hydrogens is 391 g/mol. The van der Waals surface area contributed by atoms with Gasteiger partial charge in [0.1, 0.15) is 5.82 Å². The van der Waals surface area contributed by atoms with Gasteiger partial charge < -0.3 is 10.2 Å². The van der Waals surface area contributed by atoms with Crippen LogP contribution in [0.3, 0.4) is 0 Å². The summed E-state index contributed by atoms with van der Waals surface area (Å²) in [6.07, 6.45) is -0.0350. The fourth-order valence-corrected chi connectivity index (χ4v) is 3.45. The van der Waals surface area contributed by atoms with E-state index in [1.54, 1.807) is 36.1 Å². The zero-order chi connectivity index (χ0) is 21.7. The molecule has 2 aromatic rings. The molecule has 1 atom stereocenters. The Kier molecular flexibility index (Phi) is 6.73. The van der Waals surface area contributed by atoms with Crippen LogP contribution in [0, 0.1) is 15.9 Å². The molecule has 1 fully saturated rings. The van der Waals surface area contributed by atoms with Crippen LogP contribution >= 0.6 is 0 Å². The summed E-state index contributed by atoms with van der Waals surface area (Å²) in [5.41, 5.74) is 0.718. The number of rotatable bonds is 6. The second-order valence-electron chi connectivity index (χ2n) is 7.15. The highest BCUT2D eigenvalue weighted by Crippen LogP contribution is 2.19. The fourth-order valence-electron chi connectivity index (χ4n) is 3.45. The molecule has 9 heteroatoms. The first kappa shape index (κ1) is 21.4. The molecule has 1 saturated heterocycles. The van der Waals surface area contributed by atoms with Crippen LogP contribution in [0.4, 0.5) is 15.8 Å². The van der Waals surface area contributed by atoms with Gasteiger partial charge in [0.25, 0.3) is 5.69 Å². The highest BCUT2D eigenvalue weighted by molar-refractivity contribution is 5.94. The summed E-state index contributed by atoms with van der Waals surface area (Å²) in [6.45, 7) is 3.62. The van der Waals surface area contributed by atoms with Crippen molar-refractivity contribution in [1.29, 1.82) is 0 Å². The first-order valence-corrected chi connectivity index (χ1v) is 9.65. The second kappa shape index (κ2) is 9.45. The van der Waals surface area contributed by atoms with Crippen LogP contribution in [0.5, 0.6) is 0 Å². The van der Waals surface area contributed by atoms with Gasteiger partial charge in [0.15, 0.2) is 0 Å². The van der Waals surface area contributed by atoms with E-state index < -0.39 is 16.8 Å². The molecule has 0 aromatic heterocycles. The summed E-state index contributed by atoms with van der Waals surface area (Å²) in [4.78, 5) is 39.3. The van der Waals surface area contributed by atoms with Crippen LogP contribution in [-0.4, -0.2) is 58.8 Å². The van der Waals surface area contributed by atoms with Crippen molar-refractivity contribution < 1.29 is 18.9 Å². The topological polar surface area (TPSA) is 95.8 Å². The molecular formula is C21H23FN4O4. The summed E-state index contributed by atoms with van der Waals surface area (Å²) < 4.78 is 13.3. The second-order valence-corrected chi connectivity index (χ2v) is 7.15. The van der Waals surface area contributed by atoms with E-state index >= 15 is 0 Å². The molecule has 0 aliphatic carbocycles. The quantitative estimate of drug-likeness (QED) is 0.579. The molecule has 8 nitrogen and oxygen atoms in total. The van der Waals surface area contributed by atoms with Crippen LogP contribution < -0.4 is 5.32 Å². The normalized spacial score (nSPS) is 15.5. The number of para-hydroxylation sites is 1. The van der Waals surface area contributed by atoms with Crippen LogP contribution in [-0.2, 0) is 16.0 Å². The van der Waals surface area contributed by atoms with E-state index in [-0.39, 0.29) is 23.9 Å². The molecule has 0 radical (unpaired) electrons. The molecule has 2 amide bonds. The van der Waals surface area contributed by atoms with E-state index in [4.69, 9.17) is 0 Å². The van der Waals surface area contributed by atoms with Crippen LogP contribution in [0.1, 0.15) is 12.5 Å². The van der Waals surface area contributed by atoms with Gasteiger partial charge in [-0.25, -0.2) is 4.39 Å². The van der Waals surface area contributed by atoms with E-state index in [0.29, 0.717) is 37.4 Å². The minimum Gasteiger partial charge on any atom is -0.340 e. The average Bonchev–Trinajstić information content (AvgIpc) is 2.73. The lowest BCUT2D eigenvalue weighted by Gasteiger charge is -2.37. The summed E-state index contributed by atoms with van der Waals surface area (Å²) >= 11 is 0. The lowest BCUT2D eigenvalue weighted by Crippen LogP contribution is -2.54. The first-order valence-electron chi connectivity index (χ1n) is 9.65. The van der Waals surface area contributed by atoms with Crippen molar-refractivity contribution in [3.8, 4) is 0 Å². The van der Waals surface area contributed by atoms with Gasteiger partial charge in [0, 0.05) is 43.5 Å². The van der Waals surface area contributed by atoms with E-state index in [9.17, 15) is 24.1 Å². The molecule has 1 aliphatic heterocycles. The molecule has 0 saturated carbocycles. The third-order valence-electron chi connectivity index (χ3n) is 5.22. The Morgan fingerprint density at radius 2 is 1.83 bits per heavy atom. The number of hydrogen-bond donors (Lipinski definition) is 1. The minimum atomic E-state index is -0.487. The number of carbonyl (C=O) groups excluding carboxylic acids is 2. The standard InChI is InChI=1S/C21H23FN4O4/c1-15(21(28)23-18-7-4-6-17(22)14-18)24-9-11-25(12-10-24)20(27)13-16-5-2-3-8-19(16)26(29)30/h2-8,14-15H,9-13H2,1H3,(H,23,28). The minimum absolute atomic E-state index is 0.0350. The Morgan fingerprint density at radius 1 is 1.13 bits per heavy atom. The Hall–Kier alpha value is -3.33. The highest BCUT2D eigenvalue weighted by Gasteiger charge is 2.28. The van der Waals surface area contributed by atoms with Gasteiger partial charge in [-0.2, -0.15) is 0 Å². The molecule has 30 heavy (non-hydrogen) atoms. The highest BCUT2D eigenvalue weighted by atomic mass is 19.1. The molecule has 1 heterocycles. The van der Waals surface area contributed by atoms with Gasteiger partial charge in [-0.1, -0.05) is 24.3 Å². The number of piperazine rings is 1. The molecule has 0 spiro atoms. The third-order valence-corrected chi connectivity index (χ3v) is 5.22. The average molecular weight is 414 g/mol. The lowest BCUT2D eigenvalue weighted by atomic mass is 10.1. The number of nitro benzene ring substituents is 1. The van der Waals surface area contributed by atoms with Gasteiger partial charge >= 0.3 is 0 Å². The molecule has 158 valence electrons. The molecule has 2 aromatic carbocycles. The lowest BCUT2D eigenvalue weighted by molar-refractivity contribution is -0.385. The predicted octanol–water partition coefficient (Wildman–Crippen LogP) is 2.45. The largest absolute Gasteiger partial charge is 0.340 e. The van der Waals surface area contributed by atoms with Gasteiger partial charge in [0.2, 0.25) is 11.8 Å². The van der Waals surface area contributed by atoms with Crippen molar-refractivity contribution in [2.45, 2.75) is 19.4 Å². The van der Waals surface area contributed by atoms with Gasteiger partial charge in [0.05, 0.1) is 17.4 Å². The zero-order valence-electron chi connectivity index (χ0n) is 16.6. The Bertz CT molecular complexity index is 944. The van der Waals surface area contributed by atoms with Crippen LogP contribution in [0.2, 0.25) is 0 Å². The van der Waals surface area contributed by atoms with E-state index in [2.05, 4.69) is 5.32 Å². The first-order chi connectivity index (χ1) is 14.3. The number of anilines is 1. The predicted molar refractivity (Wildman–Crippen MR) is 109 cm³/mol. The number of amides is 2. The number of nitrogens with one attached hydrogen (secondary N) is 1. The molecule has 1 N–H and O–H groups in total. The van der Waals surface area contributed by atoms with Crippen molar-refractivity contribution in [2.75, 3.05) is 31.5 Å². The van der Waals surface area contributed by atoms with Crippen molar-refractivity contribution in [2.24, 2.45) is 0 Å². The Labute approximate surface area is 173 Å². The van der Waals surface area contributed by atoms with Crippen molar-refractivity contribution in [3.05, 3.63) is 70.0 Å². The smallest absolute Gasteiger partial charge is 0.273 e. The molecule has 3 rings (SSSR count). The van der Waals surface area contributed by atoms with Crippen molar-refractivity contribution >= 4 is 23.2 Å². The van der Waals surface area contributed by atoms with Crippen LogP contribution in [0.15, 0.2) is 48.5 Å². The number of nitrogens with zero attached hydrogens (tertiary/aromatic N) is 3. The van der Waals surface area contributed by atoms with Crippen LogP contribution in [0.25, 0.3) is 0 Å². The van der Waals surface area contributed by atoms with Crippen molar-refractivity contribution in [3.63, 3.8) is 0 Å². The number of nitro groups is 1. The number of carbonyl (C=O) groups is 2. The molecule has 1 aliphatic rings. The third kappa shape index (κ3) is 5.18. The summed E-state index contributed by atoms with van der Waals surface area (Å²) in [6, 6.07) is 11.5. The number of hydrogen-bond acceptors (Lipinski definition) is 5. The summed E-state index contributed by atoms with van der Waals surface area (Å²) in [5.74, 6) is -0.854. The summed E-state index contributed by atoms with van der Waals surface area (Å²) in [5, 5.41) is 13.8. The molecule has 1 unspecified atom stereocenters. The van der Waals surface area contributed by atoms with E-state index in [1.807, 2.05) is 4.90 Å². The van der Waals surface area contributed by atoms with Crippen molar-refractivity contribution in [1.82, 2.24) is 9.80 Å². The zero-order valence-corrected chi connectivity index (χ0v) is 16.6. The fraction of sp³-hybridized carbons (Fsp3) is 0.333. The van der Waals surface area contributed by atoms with E-state index in [0.717, 1.165) is 0 Å². The maximum Gasteiger partial charge on any atom is 0.273 e. The van der Waals surface area contributed by atoms with Gasteiger partial charge in [-0.05, 0) is 25.1 Å². The Balaban J connectivity index is 1.53. The number of halogens is 1. The maximum atomic E-state index is 13.3. The monoisotopic (exact) mass is 414 g/mol. The maximum absolute atomic E-state index is 13.3. The van der Waals surface area contributed by atoms with E-state index in [1.165, 1.54) is 24.3 Å². The van der Waals surface area contributed by atoms with Gasteiger partial charge in [-0.15, -0.1) is 0 Å². The van der Waals surface area contributed by atoms with Gasteiger partial charge in [-0.3, -0.25) is 24.6 Å². The number of benzene rings is 2. The molecule has 0 bridgehead atoms. The Morgan fingerprint density at radius 3 is 2.50 bits per heavy atom. The summed E-state index contributed by atoms with van der Waals surface area (Å²) in [7, 11) is 0.